The predicted octanol–water partition coefficient (Wildman–Crippen LogP) is 4.27. The number of carbonyl (C=O) groups is 1. The largest absolute Gasteiger partial charge is 0.441 e. The second kappa shape index (κ2) is 10.2. The van der Waals surface area contributed by atoms with Crippen LogP contribution < -0.4 is 0 Å². The molecule has 1 aliphatic rings. The highest BCUT2D eigenvalue weighted by Gasteiger charge is 2.20. The summed E-state index contributed by atoms with van der Waals surface area (Å²) >= 11 is 0. The van der Waals surface area contributed by atoms with Gasteiger partial charge in [-0.3, -0.25) is 9.69 Å². The fourth-order valence-corrected chi connectivity index (χ4v) is 3.63. The number of piperazine rings is 1. The topological polar surface area (TPSA) is 49.6 Å². The summed E-state index contributed by atoms with van der Waals surface area (Å²) in [5.41, 5.74) is 1.97. The van der Waals surface area contributed by atoms with Gasteiger partial charge in [0.1, 0.15) is 5.82 Å². The zero-order valence-corrected chi connectivity index (χ0v) is 17.4. The van der Waals surface area contributed by atoms with Crippen LogP contribution in [0.3, 0.4) is 0 Å². The van der Waals surface area contributed by atoms with Crippen LogP contribution in [-0.4, -0.2) is 53.4 Å². The van der Waals surface area contributed by atoms with Crippen molar-refractivity contribution >= 4 is 12.0 Å². The molecule has 0 radical (unpaired) electrons. The molecule has 4 rings (SSSR count). The zero-order chi connectivity index (χ0) is 21.5. The van der Waals surface area contributed by atoms with Gasteiger partial charge >= 0.3 is 0 Å². The summed E-state index contributed by atoms with van der Waals surface area (Å²) in [5, 5.41) is 0. The van der Waals surface area contributed by atoms with Gasteiger partial charge in [0.05, 0.1) is 6.20 Å². The SMILES string of the molecule is O=C(CCc1ncc(-c2ccc(F)cc2)o1)N1CCN(C/C=C/c2ccccc2)CC1. The second-order valence-corrected chi connectivity index (χ2v) is 7.62. The number of nitrogens with zero attached hydrogens (tertiary/aromatic N) is 3. The van der Waals surface area contributed by atoms with Crippen molar-refractivity contribution < 1.29 is 13.6 Å². The Morgan fingerprint density at radius 3 is 2.52 bits per heavy atom. The van der Waals surface area contributed by atoms with Gasteiger partial charge in [0.2, 0.25) is 5.91 Å². The molecule has 2 aromatic carbocycles. The van der Waals surface area contributed by atoms with Gasteiger partial charge in [-0.2, -0.15) is 0 Å². The molecule has 0 saturated carbocycles. The van der Waals surface area contributed by atoms with E-state index in [4.69, 9.17) is 4.42 Å². The summed E-state index contributed by atoms with van der Waals surface area (Å²) in [4.78, 5) is 21.1. The molecule has 160 valence electrons. The molecule has 1 aromatic heterocycles. The number of hydrogen-bond donors (Lipinski definition) is 0. The van der Waals surface area contributed by atoms with E-state index in [9.17, 15) is 9.18 Å². The summed E-state index contributed by atoms with van der Waals surface area (Å²) in [5.74, 6) is 0.944. The summed E-state index contributed by atoms with van der Waals surface area (Å²) in [7, 11) is 0. The smallest absolute Gasteiger partial charge is 0.223 e. The van der Waals surface area contributed by atoms with Gasteiger partial charge < -0.3 is 9.32 Å². The summed E-state index contributed by atoms with van der Waals surface area (Å²) in [6, 6.07) is 16.3. The van der Waals surface area contributed by atoms with Crippen LogP contribution in [-0.2, 0) is 11.2 Å². The summed E-state index contributed by atoms with van der Waals surface area (Å²) < 4.78 is 18.8. The van der Waals surface area contributed by atoms with Gasteiger partial charge in [-0.05, 0) is 29.8 Å². The van der Waals surface area contributed by atoms with Crippen LogP contribution in [0, 0.1) is 5.82 Å². The molecule has 0 atom stereocenters. The summed E-state index contributed by atoms with van der Waals surface area (Å²) in [6.07, 6.45) is 6.76. The zero-order valence-electron chi connectivity index (χ0n) is 17.4. The van der Waals surface area contributed by atoms with E-state index in [1.54, 1.807) is 18.3 Å². The number of benzene rings is 2. The maximum Gasteiger partial charge on any atom is 0.223 e. The van der Waals surface area contributed by atoms with E-state index in [2.05, 4.69) is 34.2 Å². The molecule has 3 aromatic rings. The van der Waals surface area contributed by atoms with E-state index in [1.807, 2.05) is 23.1 Å². The molecule has 0 bridgehead atoms. The van der Waals surface area contributed by atoms with E-state index >= 15 is 0 Å². The van der Waals surface area contributed by atoms with Gasteiger partial charge in [-0.1, -0.05) is 42.5 Å². The van der Waals surface area contributed by atoms with Crippen LogP contribution in [0.4, 0.5) is 4.39 Å². The minimum atomic E-state index is -0.290. The van der Waals surface area contributed by atoms with Crippen LogP contribution in [0.2, 0.25) is 0 Å². The van der Waals surface area contributed by atoms with Gasteiger partial charge in [0.15, 0.2) is 11.7 Å². The second-order valence-electron chi connectivity index (χ2n) is 7.62. The van der Waals surface area contributed by atoms with Crippen molar-refractivity contribution in [2.45, 2.75) is 12.8 Å². The molecule has 1 amide bonds. The van der Waals surface area contributed by atoms with Gasteiger partial charge in [0.25, 0.3) is 0 Å². The van der Waals surface area contributed by atoms with E-state index in [1.165, 1.54) is 17.7 Å². The molecule has 6 heteroatoms. The molecule has 0 N–H and O–H groups in total. The lowest BCUT2D eigenvalue weighted by atomic mass is 10.2. The Morgan fingerprint density at radius 1 is 1.03 bits per heavy atom. The Bertz CT molecular complexity index is 1010. The van der Waals surface area contributed by atoms with Crippen LogP contribution >= 0.6 is 0 Å². The van der Waals surface area contributed by atoms with Crippen LogP contribution in [0.1, 0.15) is 17.9 Å². The highest BCUT2D eigenvalue weighted by molar-refractivity contribution is 5.76. The monoisotopic (exact) mass is 419 g/mol. The minimum Gasteiger partial charge on any atom is -0.441 e. The summed E-state index contributed by atoms with van der Waals surface area (Å²) in [6.45, 7) is 4.12. The van der Waals surface area contributed by atoms with Crippen molar-refractivity contribution in [3.8, 4) is 11.3 Å². The van der Waals surface area contributed by atoms with Crippen molar-refractivity contribution in [3.63, 3.8) is 0 Å². The first-order valence-electron chi connectivity index (χ1n) is 10.6. The average Bonchev–Trinajstić information content (AvgIpc) is 3.28. The Labute approximate surface area is 181 Å². The molecule has 0 aliphatic carbocycles. The van der Waals surface area contributed by atoms with E-state index < -0.39 is 0 Å². The van der Waals surface area contributed by atoms with Gasteiger partial charge in [-0.15, -0.1) is 0 Å². The Balaban J connectivity index is 1.20. The number of rotatable bonds is 7. The van der Waals surface area contributed by atoms with Crippen molar-refractivity contribution in [2.75, 3.05) is 32.7 Å². The van der Waals surface area contributed by atoms with E-state index in [0.29, 0.717) is 24.5 Å². The third kappa shape index (κ3) is 5.89. The molecule has 1 fully saturated rings. The number of hydrogen-bond acceptors (Lipinski definition) is 4. The number of carbonyl (C=O) groups excluding carboxylic acids is 1. The molecule has 0 unspecified atom stereocenters. The van der Waals surface area contributed by atoms with E-state index in [0.717, 1.165) is 38.3 Å². The molecule has 2 heterocycles. The molecule has 1 saturated heterocycles. The number of aromatic nitrogens is 1. The van der Waals surface area contributed by atoms with Crippen molar-refractivity contribution in [1.82, 2.24) is 14.8 Å². The average molecular weight is 420 g/mol. The number of halogens is 1. The van der Waals surface area contributed by atoms with Gasteiger partial charge in [-0.25, -0.2) is 9.37 Å². The number of aryl methyl sites for hydroxylation is 1. The maximum atomic E-state index is 13.1. The minimum absolute atomic E-state index is 0.126. The standard InChI is InChI=1S/C25H26FN3O2/c26-22-10-8-21(9-11-22)23-19-27-24(31-23)12-13-25(30)29-17-15-28(16-18-29)14-4-7-20-5-2-1-3-6-20/h1-11,19H,12-18H2/b7-4+. The molecule has 1 aliphatic heterocycles. The lowest BCUT2D eigenvalue weighted by molar-refractivity contribution is -0.132. The Kier molecular flexibility index (Phi) is 6.89. The Hall–Kier alpha value is -3.25. The first-order valence-corrected chi connectivity index (χ1v) is 10.6. The number of amides is 1. The molecular weight excluding hydrogens is 393 g/mol. The Morgan fingerprint density at radius 2 is 1.77 bits per heavy atom. The fourth-order valence-electron chi connectivity index (χ4n) is 3.63. The highest BCUT2D eigenvalue weighted by atomic mass is 19.1. The van der Waals surface area contributed by atoms with Crippen LogP contribution in [0.15, 0.2) is 71.3 Å². The third-order valence-electron chi connectivity index (χ3n) is 5.43. The fraction of sp³-hybridized carbons (Fsp3) is 0.280. The first-order chi connectivity index (χ1) is 15.2. The molecule has 0 spiro atoms. The normalized spacial score (nSPS) is 14.9. The number of oxazole rings is 1. The van der Waals surface area contributed by atoms with Crippen molar-refractivity contribution in [1.29, 1.82) is 0 Å². The molecular formula is C25H26FN3O2. The van der Waals surface area contributed by atoms with Crippen molar-refractivity contribution in [2.24, 2.45) is 0 Å². The van der Waals surface area contributed by atoms with Crippen LogP contribution in [0.5, 0.6) is 0 Å². The lowest BCUT2D eigenvalue weighted by Gasteiger charge is -2.34. The quantitative estimate of drug-likeness (QED) is 0.574. The maximum absolute atomic E-state index is 13.1. The highest BCUT2D eigenvalue weighted by Crippen LogP contribution is 2.21. The molecule has 5 nitrogen and oxygen atoms in total. The van der Waals surface area contributed by atoms with Crippen molar-refractivity contribution in [3.05, 3.63) is 84.1 Å². The van der Waals surface area contributed by atoms with Crippen LogP contribution in [0.25, 0.3) is 17.4 Å². The molecule has 31 heavy (non-hydrogen) atoms. The third-order valence-corrected chi connectivity index (χ3v) is 5.43. The lowest BCUT2D eigenvalue weighted by Crippen LogP contribution is -2.48. The van der Waals surface area contributed by atoms with E-state index in [-0.39, 0.29) is 11.7 Å². The van der Waals surface area contributed by atoms with Gasteiger partial charge in [0, 0.05) is 51.1 Å². The first kappa shape index (κ1) is 21.0. The predicted molar refractivity (Wildman–Crippen MR) is 119 cm³/mol.